The Balaban J connectivity index is 1.64. The highest BCUT2D eigenvalue weighted by atomic mass is 16.5. The van der Waals surface area contributed by atoms with Crippen molar-refractivity contribution in [1.82, 2.24) is 30.3 Å². The van der Waals surface area contributed by atoms with Gasteiger partial charge in [0.1, 0.15) is 18.2 Å². The molecule has 0 saturated carbocycles. The predicted molar refractivity (Wildman–Crippen MR) is 107 cm³/mol. The quantitative estimate of drug-likeness (QED) is 0.517. The maximum atomic E-state index is 5.58. The van der Waals surface area contributed by atoms with Crippen LogP contribution in [0.25, 0.3) is 0 Å². The zero-order valence-electron chi connectivity index (χ0n) is 17.2. The molecule has 3 rings (SSSR count). The van der Waals surface area contributed by atoms with Gasteiger partial charge in [0, 0.05) is 26.1 Å². The number of aromatic nitrogens is 3. The van der Waals surface area contributed by atoms with Crippen LogP contribution >= 0.6 is 0 Å². The topological polar surface area (TPSA) is 92.7 Å². The fraction of sp³-hybridized carbons (Fsp3) is 0.632. The highest BCUT2D eigenvalue weighted by Gasteiger charge is 2.23. The normalized spacial score (nSPS) is 18.2. The molecule has 1 aliphatic rings. The molecule has 154 valence electrons. The Hall–Kier alpha value is -2.39. The van der Waals surface area contributed by atoms with Crippen LogP contribution in [0.4, 0.5) is 0 Å². The molecule has 9 heteroatoms. The Morgan fingerprint density at radius 3 is 3.04 bits per heavy atom. The van der Waals surface area contributed by atoms with Crippen molar-refractivity contribution >= 4 is 5.96 Å². The van der Waals surface area contributed by atoms with Gasteiger partial charge in [-0.05, 0) is 39.6 Å². The van der Waals surface area contributed by atoms with Crippen molar-refractivity contribution < 1.29 is 9.15 Å². The molecule has 3 heterocycles. The van der Waals surface area contributed by atoms with Gasteiger partial charge in [-0.25, -0.2) is 9.67 Å². The van der Waals surface area contributed by atoms with Crippen molar-refractivity contribution in [1.29, 1.82) is 0 Å². The second-order valence-corrected chi connectivity index (χ2v) is 7.15. The third-order valence-electron chi connectivity index (χ3n) is 4.78. The molecule has 2 aromatic heterocycles. The fourth-order valence-electron chi connectivity index (χ4n) is 3.35. The number of aliphatic imine (C=N–C) groups is 1. The number of nitrogens with one attached hydrogen (secondary N) is 2. The van der Waals surface area contributed by atoms with Gasteiger partial charge < -0.3 is 19.8 Å². The predicted octanol–water partition coefficient (Wildman–Crippen LogP) is 1.19. The van der Waals surface area contributed by atoms with Crippen LogP contribution in [0.3, 0.4) is 0 Å². The summed E-state index contributed by atoms with van der Waals surface area (Å²) in [5, 5.41) is 11.4. The van der Waals surface area contributed by atoms with E-state index in [2.05, 4.69) is 32.5 Å². The van der Waals surface area contributed by atoms with E-state index in [-0.39, 0.29) is 12.1 Å². The lowest BCUT2D eigenvalue weighted by atomic mass is 10.1. The standard InChI is InChI=1S/C19H31N7O2/c1-5-20-19(21-11-15(25(2)3)16-7-6-10-28-16)22-14-8-9-18-23-17(13-27-4)24-26(18)12-14/h6-7,10,14-15H,5,8-9,11-13H2,1-4H3,(H2,20,21,22). The van der Waals surface area contributed by atoms with E-state index in [0.29, 0.717) is 13.2 Å². The number of ether oxygens (including phenoxy) is 1. The molecule has 0 amide bonds. The van der Waals surface area contributed by atoms with Gasteiger partial charge in [-0.3, -0.25) is 9.89 Å². The summed E-state index contributed by atoms with van der Waals surface area (Å²) in [4.78, 5) is 11.5. The van der Waals surface area contributed by atoms with Crippen LogP contribution in [-0.4, -0.2) is 66.0 Å². The molecule has 2 atom stereocenters. The van der Waals surface area contributed by atoms with Crippen LogP contribution in [-0.2, 0) is 24.3 Å². The minimum Gasteiger partial charge on any atom is -0.468 e. The van der Waals surface area contributed by atoms with Crippen molar-refractivity contribution in [2.45, 2.75) is 45.0 Å². The summed E-state index contributed by atoms with van der Waals surface area (Å²) in [6.45, 7) is 4.70. The number of likely N-dealkylation sites (N-methyl/N-ethyl adjacent to an activating group) is 1. The van der Waals surface area contributed by atoms with E-state index >= 15 is 0 Å². The number of rotatable bonds is 8. The fourth-order valence-corrected chi connectivity index (χ4v) is 3.35. The minimum absolute atomic E-state index is 0.0929. The lowest BCUT2D eigenvalue weighted by Crippen LogP contribution is -2.47. The van der Waals surface area contributed by atoms with Gasteiger partial charge in [-0.15, -0.1) is 0 Å². The summed E-state index contributed by atoms with van der Waals surface area (Å²) in [5.41, 5.74) is 0. The third-order valence-corrected chi connectivity index (χ3v) is 4.78. The van der Waals surface area contributed by atoms with Gasteiger partial charge in [0.25, 0.3) is 0 Å². The molecule has 0 saturated heterocycles. The van der Waals surface area contributed by atoms with Gasteiger partial charge in [0.2, 0.25) is 0 Å². The van der Waals surface area contributed by atoms with Crippen molar-refractivity contribution in [2.75, 3.05) is 34.3 Å². The number of furan rings is 1. The average Bonchev–Trinajstić information content (AvgIpc) is 3.31. The number of hydrogen-bond donors (Lipinski definition) is 2. The molecular formula is C19H31N7O2. The molecule has 2 aromatic rings. The molecule has 9 nitrogen and oxygen atoms in total. The van der Waals surface area contributed by atoms with Crippen molar-refractivity contribution in [3.8, 4) is 0 Å². The van der Waals surface area contributed by atoms with Crippen molar-refractivity contribution in [3.63, 3.8) is 0 Å². The Bertz CT molecular complexity index is 754. The monoisotopic (exact) mass is 389 g/mol. The van der Waals surface area contributed by atoms with Crippen LogP contribution in [0.15, 0.2) is 27.8 Å². The molecule has 0 radical (unpaired) electrons. The van der Waals surface area contributed by atoms with Gasteiger partial charge >= 0.3 is 0 Å². The molecule has 28 heavy (non-hydrogen) atoms. The maximum absolute atomic E-state index is 5.58. The summed E-state index contributed by atoms with van der Waals surface area (Å²) < 4.78 is 12.7. The van der Waals surface area contributed by atoms with Crippen molar-refractivity contribution in [3.05, 3.63) is 35.8 Å². The highest BCUT2D eigenvalue weighted by Crippen LogP contribution is 2.19. The van der Waals surface area contributed by atoms with E-state index in [0.717, 1.165) is 49.3 Å². The number of fused-ring (bicyclic) bond motifs is 1. The van der Waals surface area contributed by atoms with E-state index in [9.17, 15) is 0 Å². The molecular weight excluding hydrogens is 358 g/mol. The lowest BCUT2D eigenvalue weighted by Gasteiger charge is -2.26. The zero-order chi connectivity index (χ0) is 19.9. The van der Waals surface area contributed by atoms with E-state index in [1.165, 1.54) is 0 Å². The summed E-state index contributed by atoms with van der Waals surface area (Å²) in [7, 11) is 5.73. The summed E-state index contributed by atoms with van der Waals surface area (Å²) in [6.07, 6.45) is 3.58. The summed E-state index contributed by atoms with van der Waals surface area (Å²) in [6, 6.07) is 4.25. The van der Waals surface area contributed by atoms with Crippen LogP contribution in [0.1, 0.15) is 36.8 Å². The molecule has 0 aromatic carbocycles. The Morgan fingerprint density at radius 1 is 1.50 bits per heavy atom. The highest BCUT2D eigenvalue weighted by molar-refractivity contribution is 5.80. The van der Waals surface area contributed by atoms with E-state index in [4.69, 9.17) is 14.1 Å². The van der Waals surface area contributed by atoms with E-state index in [1.54, 1.807) is 13.4 Å². The smallest absolute Gasteiger partial charge is 0.191 e. The number of nitrogens with zero attached hydrogens (tertiary/aromatic N) is 5. The molecule has 0 spiro atoms. The maximum Gasteiger partial charge on any atom is 0.191 e. The van der Waals surface area contributed by atoms with Crippen LogP contribution < -0.4 is 10.6 Å². The zero-order valence-corrected chi connectivity index (χ0v) is 17.2. The van der Waals surface area contributed by atoms with Gasteiger partial charge in [0.15, 0.2) is 11.8 Å². The third kappa shape index (κ3) is 5.11. The van der Waals surface area contributed by atoms with Gasteiger partial charge in [-0.1, -0.05) is 0 Å². The van der Waals surface area contributed by atoms with Crippen LogP contribution in [0.2, 0.25) is 0 Å². The molecule has 0 aliphatic carbocycles. The Morgan fingerprint density at radius 2 is 2.36 bits per heavy atom. The SMILES string of the molecule is CCNC(=NCC(c1ccco1)N(C)C)NC1CCc2nc(COC)nn2C1. The molecule has 1 aliphatic heterocycles. The first-order valence-corrected chi connectivity index (χ1v) is 9.77. The number of methoxy groups -OCH3 is 1. The van der Waals surface area contributed by atoms with Crippen molar-refractivity contribution in [2.24, 2.45) is 4.99 Å². The summed E-state index contributed by atoms with van der Waals surface area (Å²) in [5.74, 6) is 3.50. The number of guanidine groups is 1. The van der Waals surface area contributed by atoms with E-state index < -0.39 is 0 Å². The Kier molecular flexibility index (Phi) is 7.05. The van der Waals surface area contributed by atoms with Crippen LogP contribution in [0, 0.1) is 0 Å². The van der Waals surface area contributed by atoms with Crippen LogP contribution in [0.5, 0.6) is 0 Å². The number of hydrogen-bond acceptors (Lipinski definition) is 6. The van der Waals surface area contributed by atoms with E-state index in [1.807, 2.05) is 30.9 Å². The Labute approximate surface area is 166 Å². The molecule has 0 fully saturated rings. The first-order chi connectivity index (χ1) is 13.6. The second kappa shape index (κ2) is 9.70. The molecule has 2 unspecified atom stereocenters. The minimum atomic E-state index is 0.0929. The first kappa shape index (κ1) is 20.3. The second-order valence-electron chi connectivity index (χ2n) is 7.15. The molecule has 0 bridgehead atoms. The molecule has 2 N–H and O–H groups in total. The van der Waals surface area contributed by atoms with Gasteiger partial charge in [-0.2, -0.15) is 5.10 Å². The number of aryl methyl sites for hydroxylation is 1. The summed E-state index contributed by atoms with van der Waals surface area (Å²) >= 11 is 0. The largest absolute Gasteiger partial charge is 0.468 e. The lowest BCUT2D eigenvalue weighted by molar-refractivity contribution is 0.177. The first-order valence-electron chi connectivity index (χ1n) is 9.77. The van der Waals surface area contributed by atoms with Gasteiger partial charge in [0.05, 0.1) is 25.4 Å². The average molecular weight is 390 g/mol.